The number of quaternary nitrogens is 1. The molecule has 0 spiro atoms. The Labute approximate surface area is 172 Å². The number of piperazine rings is 1. The molecule has 1 aliphatic rings. The van der Waals surface area contributed by atoms with Crippen LogP contribution in [0.4, 0.5) is 19.0 Å². The summed E-state index contributed by atoms with van der Waals surface area (Å²) in [6, 6.07) is 10.5. The largest absolute Gasteiger partial charge is 0.497 e. The van der Waals surface area contributed by atoms with E-state index in [1.54, 1.807) is 7.11 Å². The first-order chi connectivity index (χ1) is 14.4. The number of methoxy groups -OCH3 is 1. The Kier molecular flexibility index (Phi) is 5.63. The van der Waals surface area contributed by atoms with Crippen molar-refractivity contribution in [3.8, 4) is 17.0 Å². The standard InChI is InChI=1S/C21H22F3N5O/c1-30-18-5-2-15(3-6-18)20-16(12-26-27-20)14-28-8-10-29(11-9-28)19-7-4-17(13-25-19)21(22,23)24/h2-7,12-13H,8-11,14H2,1H3,(H,26,27)/p+2. The number of alkyl halides is 3. The minimum atomic E-state index is -4.33. The Balaban J connectivity index is 1.37. The lowest BCUT2D eigenvalue weighted by molar-refractivity contribution is -0.914. The summed E-state index contributed by atoms with van der Waals surface area (Å²) in [4.78, 5) is 6.28. The molecule has 0 aliphatic carbocycles. The number of H-pyrrole nitrogens is 2. The molecule has 30 heavy (non-hydrogen) atoms. The summed E-state index contributed by atoms with van der Waals surface area (Å²) in [6.07, 6.45) is -1.44. The second-order valence-corrected chi connectivity index (χ2v) is 7.37. The number of hydrogen-bond donors (Lipinski definition) is 2. The summed E-state index contributed by atoms with van der Waals surface area (Å²) in [6.45, 7) is 4.16. The van der Waals surface area contributed by atoms with E-state index in [1.165, 1.54) is 11.0 Å². The van der Waals surface area contributed by atoms with E-state index in [4.69, 9.17) is 4.74 Å². The molecule has 3 heterocycles. The molecule has 0 atom stereocenters. The van der Waals surface area contributed by atoms with Crippen molar-refractivity contribution >= 4 is 5.82 Å². The van der Waals surface area contributed by atoms with Crippen LogP contribution in [0.2, 0.25) is 0 Å². The predicted molar refractivity (Wildman–Crippen MR) is 105 cm³/mol. The number of benzene rings is 1. The molecule has 0 bridgehead atoms. The Hall–Kier alpha value is -3.07. The molecule has 6 nitrogen and oxygen atoms in total. The zero-order valence-corrected chi connectivity index (χ0v) is 16.6. The van der Waals surface area contributed by atoms with Crippen molar-refractivity contribution in [1.82, 2.24) is 10.2 Å². The second-order valence-electron chi connectivity index (χ2n) is 7.37. The van der Waals surface area contributed by atoms with Gasteiger partial charge in [-0.25, -0.2) is 4.98 Å². The molecule has 3 aromatic rings. The smallest absolute Gasteiger partial charge is 0.419 e. The molecule has 4 rings (SSSR count). The maximum atomic E-state index is 12.7. The van der Waals surface area contributed by atoms with Crippen LogP contribution in [-0.4, -0.2) is 43.5 Å². The van der Waals surface area contributed by atoms with Gasteiger partial charge in [0.05, 0.1) is 30.1 Å². The molecule has 0 amide bonds. The summed E-state index contributed by atoms with van der Waals surface area (Å²) in [5, 5.41) is 7.31. The van der Waals surface area contributed by atoms with Gasteiger partial charge in [0.15, 0.2) is 0 Å². The first-order valence-electron chi connectivity index (χ1n) is 9.78. The number of rotatable bonds is 5. The van der Waals surface area contributed by atoms with Crippen molar-refractivity contribution in [2.75, 3.05) is 38.2 Å². The Morgan fingerprint density at radius 3 is 2.47 bits per heavy atom. The van der Waals surface area contributed by atoms with Crippen LogP contribution in [0, 0.1) is 0 Å². The lowest BCUT2D eigenvalue weighted by Crippen LogP contribution is -3.13. The van der Waals surface area contributed by atoms with E-state index in [0.717, 1.165) is 67.6 Å². The van der Waals surface area contributed by atoms with Gasteiger partial charge in [0, 0.05) is 11.6 Å². The van der Waals surface area contributed by atoms with Gasteiger partial charge < -0.3 is 9.64 Å². The number of aromatic nitrogens is 3. The van der Waals surface area contributed by atoms with Crippen molar-refractivity contribution in [1.29, 1.82) is 0 Å². The van der Waals surface area contributed by atoms with Crippen molar-refractivity contribution in [3.63, 3.8) is 0 Å². The summed E-state index contributed by atoms with van der Waals surface area (Å²) in [7, 11) is 1.64. The number of hydrogen-bond acceptors (Lipinski definition) is 3. The van der Waals surface area contributed by atoms with Gasteiger partial charge in [-0.1, -0.05) is 0 Å². The maximum Gasteiger partial charge on any atom is 0.419 e. The quantitative estimate of drug-likeness (QED) is 0.664. The van der Waals surface area contributed by atoms with E-state index in [-0.39, 0.29) is 0 Å². The monoisotopic (exact) mass is 419 g/mol. The zero-order chi connectivity index (χ0) is 21.1. The average molecular weight is 419 g/mol. The molecule has 3 N–H and O–H groups in total. The fourth-order valence-corrected chi connectivity index (χ4v) is 3.75. The Bertz CT molecular complexity index is 962. The van der Waals surface area contributed by atoms with Gasteiger partial charge >= 0.3 is 6.18 Å². The SMILES string of the molecule is COc1ccc(-c2[nH]ncc2C[NH+]2CCN(c3ccc(C(F)(F)F)c[nH+]3)CC2)cc1. The maximum absolute atomic E-state index is 12.7. The molecule has 158 valence electrons. The van der Waals surface area contributed by atoms with E-state index in [1.807, 2.05) is 30.5 Å². The van der Waals surface area contributed by atoms with Gasteiger partial charge in [0.25, 0.3) is 5.82 Å². The van der Waals surface area contributed by atoms with E-state index in [0.29, 0.717) is 5.82 Å². The molecule has 0 radical (unpaired) electrons. The highest BCUT2D eigenvalue weighted by Crippen LogP contribution is 2.28. The average Bonchev–Trinajstić information content (AvgIpc) is 3.22. The van der Waals surface area contributed by atoms with Crippen LogP contribution < -0.4 is 19.5 Å². The van der Waals surface area contributed by atoms with Crippen LogP contribution in [0.15, 0.2) is 48.8 Å². The first kappa shape index (κ1) is 20.2. The third-order valence-electron chi connectivity index (χ3n) is 5.47. The van der Waals surface area contributed by atoms with E-state index in [2.05, 4.69) is 20.1 Å². The first-order valence-corrected chi connectivity index (χ1v) is 9.78. The topological polar surface area (TPSA) is 59.7 Å². The summed E-state index contributed by atoms with van der Waals surface area (Å²) in [5.41, 5.74) is 2.54. The van der Waals surface area contributed by atoms with Crippen LogP contribution in [-0.2, 0) is 12.7 Å². The highest BCUT2D eigenvalue weighted by Gasteiger charge is 2.33. The number of nitrogens with zero attached hydrogens (tertiary/aromatic N) is 2. The fourth-order valence-electron chi connectivity index (χ4n) is 3.75. The molecule has 2 aromatic heterocycles. The van der Waals surface area contributed by atoms with Gasteiger partial charge in [-0.05, 0) is 30.3 Å². The van der Waals surface area contributed by atoms with Gasteiger partial charge in [0.1, 0.15) is 44.7 Å². The molecule has 0 unspecified atom stereocenters. The molecule has 9 heteroatoms. The molecule has 1 fully saturated rings. The molecule has 0 saturated carbocycles. The highest BCUT2D eigenvalue weighted by atomic mass is 19.4. The molecule has 1 aliphatic heterocycles. The molecular weight excluding hydrogens is 395 g/mol. The minimum Gasteiger partial charge on any atom is -0.497 e. The second kappa shape index (κ2) is 8.35. The fraction of sp³-hybridized carbons (Fsp3) is 0.333. The molecular formula is C21H24F3N5O+2. The van der Waals surface area contributed by atoms with Crippen LogP contribution in [0.1, 0.15) is 11.1 Å². The third kappa shape index (κ3) is 4.40. The molecule has 1 aromatic carbocycles. The van der Waals surface area contributed by atoms with Crippen LogP contribution in [0.25, 0.3) is 11.3 Å². The lowest BCUT2D eigenvalue weighted by atomic mass is 10.1. The van der Waals surface area contributed by atoms with Crippen molar-refractivity contribution in [3.05, 3.63) is 59.9 Å². The van der Waals surface area contributed by atoms with E-state index < -0.39 is 11.7 Å². The number of aromatic amines is 2. The normalized spacial score (nSPS) is 15.4. The number of nitrogens with one attached hydrogen (secondary N) is 3. The van der Waals surface area contributed by atoms with Gasteiger partial charge in [-0.2, -0.15) is 18.3 Å². The van der Waals surface area contributed by atoms with Crippen molar-refractivity contribution in [2.45, 2.75) is 12.7 Å². The summed E-state index contributed by atoms with van der Waals surface area (Å²) >= 11 is 0. The van der Waals surface area contributed by atoms with Gasteiger partial charge in [0.2, 0.25) is 0 Å². The van der Waals surface area contributed by atoms with E-state index in [9.17, 15) is 13.2 Å². The number of halogens is 3. The molecule has 1 saturated heterocycles. The van der Waals surface area contributed by atoms with Gasteiger partial charge in [-0.15, -0.1) is 0 Å². The number of anilines is 1. The van der Waals surface area contributed by atoms with E-state index >= 15 is 0 Å². The Morgan fingerprint density at radius 2 is 1.87 bits per heavy atom. The van der Waals surface area contributed by atoms with Crippen molar-refractivity contribution < 1.29 is 27.8 Å². The van der Waals surface area contributed by atoms with Crippen LogP contribution in [0.3, 0.4) is 0 Å². The zero-order valence-electron chi connectivity index (χ0n) is 16.6. The van der Waals surface area contributed by atoms with Crippen LogP contribution >= 0.6 is 0 Å². The number of ether oxygens (including phenoxy) is 1. The van der Waals surface area contributed by atoms with Crippen molar-refractivity contribution in [2.24, 2.45) is 0 Å². The third-order valence-corrected chi connectivity index (χ3v) is 5.47. The lowest BCUT2D eigenvalue weighted by Gasteiger charge is -2.28. The van der Waals surface area contributed by atoms with Crippen LogP contribution in [0.5, 0.6) is 5.75 Å². The summed E-state index contributed by atoms with van der Waals surface area (Å²) < 4.78 is 43.4. The predicted octanol–water partition coefficient (Wildman–Crippen LogP) is 1.82. The van der Waals surface area contributed by atoms with Gasteiger partial charge in [-0.3, -0.25) is 10.00 Å². The number of pyridine rings is 1. The minimum absolute atomic E-state index is 0.665. The highest BCUT2D eigenvalue weighted by molar-refractivity contribution is 5.63. The Morgan fingerprint density at radius 1 is 1.13 bits per heavy atom. The summed E-state index contributed by atoms with van der Waals surface area (Å²) in [5.74, 6) is 1.52.